The summed E-state index contributed by atoms with van der Waals surface area (Å²) in [6.45, 7) is 3.49. The highest BCUT2D eigenvalue weighted by Gasteiger charge is 2.19. The normalized spacial score (nSPS) is 17.8. The highest BCUT2D eigenvalue weighted by molar-refractivity contribution is 9.10. The minimum Gasteiger partial charge on any atom is -0.398 e. The van der Waals surface area contributed by atoms with Crippen LogP contribution < -0.4 is 5.73 Å². The average molecular weight is 329 g/mol. The zero-order chi connectivity index (χ0) is 13.7. The fraction of sp³-hybridized carbons (Fsp3) is 0.571. The Kier molecular flexibility index (Phi) is 5.63. The standard InChI is InChI=1S/C14H21BrN2O2/c15-12-2-1-11(14(16)9-12)10-17-5-3-13(4-6-17)19-8-7-18/h1-2,9,13,18H,3-8,10,16H2. The van der Waals surface area contributed by atoms with Crippen molar-refractivity contribution in [2.75, 3.05) is 32.0 Å². The number of anilines is 1. The van der Waals surface area contributed by atoms with Gasteiger partial charge < -0.3 is 15.6 Å². The van der Waals surface area contributed by atoms with Crippen molar-refractivity contribution in [2.24, 2.45) is 0 Å². The van der Waals surface area contributed by atoms with Crippen LogP contribution in [0.4, 0.5) is 5.69 Å². The largest absolute Gasteiger partial charge is 0.398 e. The molecule has 5 heteroatoms. The van der Waals surface area contributed by atoms with Gasteiger partial charge in [0.2, 0.25) is 0 Å². The number of likely N-dealkylation sites (tertiary alicyclic amines) is 1. The van der Waals surface area contributed by atoms with Gasteiger partial charge in [0, 0.05) is 29.8 Å². The molecule has 0 saturated carbocycles. The Bertz CT molecular complexity index is 406. The van der Waals surface area contributed by atoms with E-state index in [9.17, 15) is 0 Å². The van der Waals surface area contributed by atoms with E-state index >= 15 is 0 Å². The highest BCUT2D eigenvalue weighted by Crippen LogP contribution is 2.22. The Morgan fingerprint density at radius 2 is 2.11 bits per heavy atom. The van der Waals surface area contributed by atoms with Crippen molar-refractivity contribution in [3.8, 4) is 0 Å². The van der Waals surface area contributed by atoms with Crippen molar-refractivity contribution < 1.29 is 9.84 Å². The zero-order valence-electron chi connectivity index (χ0n) is 11.0. The fourth-order valence-corrected chi connectivity index (χ4v) is 2.78. The van der Waals surface area contributed by atoms with E-state index in [0.29, 0.717) is 12.7 Å². The molecule has 0 spiro atoms. The maximum absolute atomic E-state index is 8.74. The second-order valence-electron chi connectivity index (χ2n) is 4.91. The van der Waals surface area contributed by atoms with Gasteiger partial charge in [0.15, 0.2) is 0 Å². The summed E-state index contributed by atoms with van der Waals surface area (Å²) in [7, 11) is 0. The van der Waals surface area contributed by atoms with Gasteiger partial charge in [-0.3, -0.25) is 4.90 Å². The van der Waals surface area contributed by atoms with Gasteiger partial charge in [0.1, 0.15) is 0 Å². The minimum atomic E-state index is 0.107. The number of nitrogens with zero attached hydrogens (tertiary/aromatic N) is 1. The molecule has 106 valence electrons. The molecule has 0 bridgehead atoms. The van der Waals surface area contributed by atoms with Crippen molar-refractivity contribution in [1.82, 2.24) is 4.90 Å². The molecule has 1 aliphatic heterocycles. The highest BCUT2D eigenvalue weighted by atomic mass is 79.9. The lowest BCUT2D eigenvalue weighted by molar-refractivity contribution is -0.00898. The van der Waals surface area contributed by atoms with Gasteiger partial charge in [-0.2, -0.15) is 0 Å². The lowest BCUT2D eigenvalue weighted by Gasteiger charge is -2.32. The maximum atomic E-state index is 8.74. The lowest BCUT2D eigenvalue weighted by Crippen LogP contribution is -2.37. The molecule has 2 rings (SSSR count). The molecule has 1 aromatic rings. The number of piperidine rings is 1. The number of halogens is 1. The molecule has 0 unspecified atom stereocenters. The molecule has 4 nitrogen and oxygen atoms in total. The second-order valence-corrected chi connectivity index (χ2v) is 5.83. The molecule has 0 radical (unpaired) electrons. The quantitative estimate of drug-likeness (QED) is 0.812. The number of rotatable bonds is 5. The number of benzene rings is 1. The summed E-state index contributed by atoms with van der Waals surface area (Å²) in [6, 6.07) is 6.06. The third-order valence-electron chi connectivity index (χ3n) is 3.48. The van der Waals surface area contributed by atoms with Crippen LogP contribution in [0.25, 0.3) is 0 Å². The maximum Gasteiger partial charge on any atom is 0.0701 e. The number of aliphatic hydroxyl groups is 1. The van der Waals surface area contributed by atoms with Crippen molar-refractivity contribution in [1.29, 1.82) is 0 Å². The second kappa shape index (κ2) is 7.24. The monoisotopic (exact) mass is 328 g/mol. The Labute approximate surface area is 122 Å². The van der Waals surface area contributed by atoms with E-state index in [1.165, 1.54) is 5.56 Å². The number of nitrogen functional groups attached to an aromatic ring is 1. The molecule has 0 aliphatic carbocycles. The molecule has 1 saturated heterocycles. The topological polar surface area (TPSA) is 58.7 Å². The van der Waals surface area contributed by atoms with Crippen LogP contribution in [0.3, 0.4) is 0 Å². The van der Waals surface area contributed by atoms with E-state index in [1.54, 1.807) is 0 Å². The third kappa shape index (κ3) is 4.45. The smallest absolute Gasteiger partial charge is 0.0701 e. The molecule has 1 fully saturated rings. The van der Waals surface area contributed by atoms with Gasteiger partial charge in [-0.05, 0) is 30.5 Å². The first kappa shape index (κ1) is 14.8. The van der Waals surface area contributed by atoms with Crippen molar-refractivity contribution >= 4 is 21.6 Å². The van der Waals surface area contributed by atoms with E-state index in [4.69, 9.17) is 15.6 Å². The van der Waals surface area contributed by atoms with Gasteiger partial charge in [-0.15, -0.1) is 0 Å². The lowest BCUT2D eigenvalue weighted by atomic mass is 10.1. The summed E-state index contributed by atoms with van der Waals surface area (Å²) >= 11 is 3.42. The predicted octanol–water partition coefficient (Wildman–Crippen LogP) is 2.00. The van der Waals surface area contributed by atoms with Crippen LogP contribution in [0.5, 0.6) is 0 Å². The van der Waals surface area contributed by atoms with Gasteiger partial charge in [-0.1, -0.05) is 22.0 Å². The summed E-state index contributed by atoms with van der Waals surface area (Å²) in [5.74, 6) is 0. The van der Waals surface area contributed by atoms with E-state index < -0.39 is 0 Å². The molecule has 0 aromatic heterocycles. The number of ether oxygens (including phenoxy) is 1. The summed E-state index contributed by atoms with van der Waals surface area (Å²) in [5, 5.41) is 8.74. The first-order valence-electron chi connectivity index (χ1n) is 6.68. The van der Waals surface area contributed by atoms with Crippen LogP contribution in [0.2, 0.25) is 0 Å². The van der Waals surface area contributed by atoms with E-state index in [1.807, 2.05) is 12.1 Å². The van der Waals surface area contributed by atoms with Crippen molar-refractivity contribution in [3.63, 3.8) is 0 Å². The van der Waals surface area contributed by atoms with E-state index in [0.717, 1.165) is 42.6 Å². The van der Waals surface area contributed by atoms with Gasteiger partial charge >= 0.3 is 0 Å². The van der Waals surface area contributed by atoms with Gasteiger partial charge in [0.25, 0.3) is 0 Å². The summed E-state index contributed by atoms with van der Waals surface area (Å²) in [4.78, 5) is 2.40. The number of nitrogens with two attached hydrogens (primary N) is 1. The van der Waals surface area contributed by atoms with Crippen LogP contribution >= 0.6 is 15.9 Å². The molecule has 19 heavy (non-hydrogen) atoms. The first-order valence-corrected chi connectivity index (χ1v) is 7.47. The van der Waals surface area contributed by atoms with Crippen LogP contribution in [0.1, 0.15) is 18.4 Å². The van der Waals surface area contributed by atoms with Gasteiger partial charge in [0.05, 0.1) is 19.3 Å². The molecular weight excluding hydrogens is 308 g/mol. The zero-order valence-corrected chi connectivity index (χ0v) is 12.6. The number of hydrogen-bond acceptors (Lipinski definition) is 4. The average Bonchev–Trinajstić information content (AvgIpc) is 2.41. The van der Waals surface area contributed by atoms with Crippen LogP contribution in [-0.4, -0.2) is 42.4 Å². The minimum absolute atomic E-state index is 0.107. The Morgan fingerprint density at radius 3 is 2.74 bits per heavy atom. The third-order valence-corrected chi connectivity index (χ3v) is 3.97. The number of aliphatic hydroxyl groups excluding tert-OH is 1. The fourth-order valence-electron chi connectivity index (χ4n) is 2.40. The summed E-state index contributed by atoms with van der Waals surface area (Å²) in [6.07, 6.45) is 2.35. The molecule has 0 atom stereocenters. The Hall–Kier alpha value is -0.620. The van der Waals surface area contributed by atoms with Crippen molar-refractivity contribution in [3.05, 3.63) is 28.2 Å². The first-order chi connectivity index (χ1) is 9.19. The molecular formula is C14H21BrN2O2. The molecule has 3 N–H and O–H groups in total. The van der Waals surface area contributed by atoms with Crippen LogP contribution in [0.15, 0.2) is 22.7 Å². The Balaban J connectivity index is 1.82. The van der Waals surface area contributed by atoms with Crippen LogP contribution in [-0.2, 0) is 11.3 Å². The van der Waals surface area contributed by atoms with E-state index in [2.05, 4.69) is 26.9 Å². The predicted molar refractivity (Wildman–Crippen MR) is 79.9 cm³/mol. The Morgan fingerprint density at radius 1 is 1.37 bits per heavy atom. The van der Waals surface area contributed by atoms with Crippen LogP contribution in [0, 0.1) is 0 Å². The molecule has 0 amide bonds. The van der Waals surface area contributed by atoms with E-state index in [-0.39, 0.29) is 6.61 Å². The summed E-state index contributed by atoms with van der Waals surface area (Å²) in [5.41, 5.74) is 8.04. The molecule has 1 heterocycles. The molecule has 1 aliphatic rings. The van der Waals surface area contributed by atoms with Crippen molar-refractivity contribution in [2.45, 2.75) is 25.5 Å². The number of hydrogen-bond donors (Lipinski definition) is 2. The molecule has 1 aromatic carbocycles. The summed E-state index contributed by atoms with van der Waals surface area (Å²) < 4.78 is 6.58. The SMILES string of the molecule is Nc1cc(Br)ccc1CN1CCC(OCCO)CC1. The van der Waals surface area contributed by atoms with Gasteiger partial charge in [-0.25, -0.2) is 0 Å².